The first kappa shape index (κ1) is 10.1. The van der Waals surface area contributed by atoms with Gasteiger partial charge in [-0.25, -0.2) is 0 Å². The van der Waals surface area contributed by atoms with Crippen LogP contribution in [-0.2, 0) is 6.54 Å². The van der Waals surface area contributed by atoms with Crippen molar-refractivity contribution in [1.29, 1.82) is 0 Å². The average Bonchev–Trinajstić information content (AvgIpc) is 2.68. The Bertz CT molecular complexity index is 422. The lowest BCUT2D eigenvalue weighted by molar-refractivity contribution is 0.444. The second-order valence-electron chi connectivity index (χ2n) is 3.68. The van der Waals surface area contributed by atoms with Crippen LogP contribution in [0.15, 0.2) is 30.5 Å². The molecule has 0 radical (unpaired) electrons. The Morgan fingerprint density at radius 2 is 2.00 bits per heavy atom. The summed E-state index contributed by atoms with van der Waals surface area (Å²) < 4.78 is 13.9. The van der Waals surface area contributed by atoms with E-state index in [4.69, 9.17) is 0 Å². The van der Waals surface area contributed by atoms with E-state index in [9.17, 15) is 4.39 Å². The lowest BCUT2D eigenvalue weighted by Gasteiger charge is -2.02. The van der Waals surface area contributed by atoms with Crippen LogP contribution < -0.4 is 0 Å². The number of nitrogens with zero attached hydrogens (tertiary/aromatic N) is 2. The molecule has 1 heterocycles. The highest BCUT2D eigenvalue weighted by Gasteiger charge is 2.00. The van der Waals surface area contributed by atoms with E-state index in [2.05, 4.69) is 17.2 Å². The number of benzene rings is 1. The van der Waals surface area contributed by atoms with Crippen LogP contribution in [0.4, 0.5) is 4.39 Å². The fourth-order valence-corrected chi connectivity index (χ4v) is 1.74. The predicted molar refractivity (Wildman–Crippen MR) is 59.6 cm³/mol. The van der Waals surface area contributed by atoms with E-state index in [1.807, 2.05) is 23.0 Å². The molecule has 80 valence electrons. The molecule has 0 saturated heterocycles. The Labute approximate surface area is 88.7 Å². The minimum atomic E-state index is -0.208. The second kappa shape index (κ2) is 4.91. The van der Waals surface area contributed by atoms with E-state index < -0.39 is 0 Å². The van der Waals surface area contributed by atoms with Gasteiger partial charge in [0.1, 0.15) is 0 Å². The molecular weight excluding hydrogens is 191 g/mol. The third-order valence-electron chi connectivity index (χ3n) is 2.55. The number of rotatable bonds is 5. The normalized spacial score (nSPS) is 11.0. The predicted octanol–water partition coefficient (Wildman–Crippen LogP) is 3.18. The number of aryl methyl sites for hydroxylation is 1. The van der Waals surface area contributed by atoms with E-state index in [0.717, 1.165) is 24.9 Å². The molecule has 0 aliphatic rings. The molecule has 0 aliphatic heterocycles. The maximum atomic E-state index is 11.9. The van der Waals surface area contributed by atoms with E-state index in [-0.39, 0.29) is 6.67 Å². The Morgan fingerprint density at radius 1 is 1.13 bits per heavy atom. The van der Waals surface area contributed by atoms with Gasteiger partial charge in [-0.05, 0) is 25.3 Å². The van der Waals surface area contributed by atoms with Crippen molar-refractivity contribution in [3.8, 4) is 0 Å². The van der Waals surface area contributed by atoms with Crippen molar-refractivity contribution in [2.24, 2.45) is 0 Å². The molecule has 2 aromatic rings. The average molecular weight is 206 g/mol. The van der Waals surface area contributed by atoms with Crippen molar-refractivity contribution < 1.29 is 4.39 Å². The number of alkyl halides is 1. The van der Waals surface area contributed by atoms with E-state index in [1.165, 1.54) is 5.39 Å². The molecule has 0 saturated carbocycles. The van der Waals surface area contributed by atoms with Crippen LogP contribution in [0.5, 0.6) is 0 Å². The number of para-hydroxylation sites is 1. The zero-order valence-corrected chi connectivity index (χ0v) is 8.69. The summed E-state index contributed by atoms with van der Waals surface area (Å²) in [4.78, 5) is 0. The van der Waals surface area contributed by atoms with Crippen LogP contribution in [0.1, 0.15) is 19.3 Å². The molecule has 2 nitrogen and oxygen atoms in total. The molecule has 0 amide bonds. The first-order valence-electron chi connectivity index (χ1n) is 5.38. The number of unbranched alkanes of at least 4 members (excludes halogenated alkanes) is 2. The molecular formula is C12H15FN2. The van der Waals surface area contributed by atoms with Crippen LogP contribution in [-0.4, -0.2) is 16.5 Å². The molecule has 1 aromatic heterocycles. The molecule has 0 bridgehead atoms. The number of fused-ring (bicyclic) bond motifs is 1. The molecule has 0 aliphatic carbocycles. The largest absolute Gasteiger partial charge is 0.265 e. The van der Waals surface area contributed by atoms with Gasteiger partial charge in [0.05, 0.1) is 18.4 Å². The smallest absolute Gasteiger partial charge is 0.0894 e. The first-order chi connectivity index (χ1) is 7.42. The van der Waals surface area contributed by atoms with Gasteiger partial charge in [-0.15, -0.1) is 0 Å². The van der Waals surface area contributed by atoms with Gasteiger partial charge < -0.3 is 0 Å². The third-order valence-corrected chi connectivity index (χ3v) is 2.55. The molecule has 0 atom stereocenters. The van der Waals surface area contributed by atoms with Gasteiger partial charge in [-0.1, -0.05) is 18.2 Å². The minimum absolute atomic E-state index is 0.208. The Balaban J connectivity index is 2.02. The lowest BCUT2D eigenvalue weighted by Crippen LogP contribution is -1.99. The summed E-state index contributed by atoms with van der Waals surface area (Å²) >= 11 is 0. The summed E-state index contributed by atoms with van der Waals surface area (Å²) in [7, 11) is 0. The summed E-state index contributed by atoms with van der Waals surface area (Å²) in [5.41, 5.74) is 1.16. The van der Waals surface area contributed by atoms with Crippen molar-refractivity contribution in [2.75, 3.05) is 6.67 Å². The second-order valence-corrected chi connectivity index (χ2v) is 3.68. The van der Waals surface area contributed by atoms with Gasteiger partial charge in [-0.3, -0.25) is 9.07 Å². The Morgan fingerprint density at radius 3 is 2.87 bits per heavy atom. The zero-order valence-electron chi connectivity index (χ0n) is 8.69. The van der Waals surface area contributed by atoms with Gasteiger partial charge in [0.25, 0.3) is 0 Å². The van der Waals surface area contributed by atoms with Crippen LogP contribution >= 0.6 is 0 Å². The Kier molecular flexibility index (Phi) is 3.33. The SMILES string of the molecule is FCCCCCn1ncc2ccccc21. The van der Waals surface area contributed by atoms with Gasteiger partial charge in [-0.2, -0.15) is 5.10 Å². The van der Waals surface area contributed by atoms with Crippen molar-refractivity contribution in [3.05, 3.63) is 30.5 Å². The molecule has 2 rings (SSSR count). The summed E-state index contributed by atoms with van der Waals surface area (Å²) in [6, 6.07) is 8.15. The standard InChI is InChI=1S/C12H15FN2/c13-8-4-1-5-9-15-12-7-3-2-6-11(12)10-14-15/h2-3,6-7,10H,1,4-5,8-9H2. The molecule has 1 aromatic carbocycles. The summed E-state index contributed by atoms with van der Waals surface area (Å²) in [6.07, 6.45) is 4.48. The number of halogens is 1. The van der Waals surface area contributed by atoms with Gasteiger partial charge >= 0.3 is 0 Å². The molecule has 0 fully saturated rings. The maximum absolute atomic E-state index is 11.9. The highest BCUT2D eigenvalue weighted by atomic mass is 19.1. The molecule has 0 unspecified atom stereocenters. The van der Waals surface area contributed by atoms with E-state index >= 15 is 0 Å². The Hall–Kier alpha value is -1.38. The van der Waals surface area contributed by atoms with Crippen molar-refractivity contribution in [3.63, 3.8) is 0 Å². The number of hydrogen-bond acceptors (Lipinski definition) is 1. The highest BCUT2D eigenvalue weighted by Crippen LogP contribution is 2.13. The fourth-order valence-electron chi connectivity index (χ4n) is 1.74. The van der Waals surface area contributed by atoms with Crippen LogP contribution in [0.3, 0.4) is 0 Å². The lowest BCUT2D eigenvalue weighted by atomic mass is 10.2. The quantitative estimate of drug-likeness (QED) is 0.687. The molecule has 3 heteroatoms. The van der Waals surface area contributed by atoms with Gasteiger partial charge in [0, 0.05) is 11.9 Å². The summed E-state index contributed by atoms with van der Waals surface area (Å²) in [5, 5.41) is 5.49. The summed E-state index contributed by atoms with van der Waals surface area (Å²) in [6.45, 7) is 0.674. The first-order valence-corrected chi connectivity index (χ1v) is 5.38. The van der Waals surface area contributed by atoms with Crippen LogP contribution in [0.25, 0.3) is 10.9 Å². The number of hydrogen-bond donors (Lipinski definition) is 0. The highest BCUT2D eigenvalue weighted by molar-refractivity contribution is 5.78. The monoisotopic (exact) mass is 206 g/mol. The van der Waals surface area contributed by atoms with Crippen LogP contribution in [0.2, 0.25) is 0 Å². The summed E-state index contributed by atoms with van der Waals surface area (Å²) in [5.74, 6) is 0. The van der Waals surface area contributed by atoms with Crippen molar-refractivity contribution in [1.82, 2.24) is 9.78 Å². The molecule has 15 heavy (non-hydrogen) atoms. The van der Waals surface area contributed by atoms with Gasteiger partial charge in [0.15, 0.2) is 0 Å². The zero-order chi connectivity index (χ0) is 10.5. The van der Waals surface area contributed by atoms with E-state index in [0.29, 0.717) is 6.42 Å². The molecule has 0 spiro atoms. The molecule has 0 N–H and O–H groups in total. The third kappa shape index (κ3) is 2.35. The maximum Gasteiger partial charge on any atom is 0.0894 e. The topological polar surface area (TPSA) is 17.8 Å². The fraction of sp³-hybridized carbons (Fsp3) is 0.417. The van der Waals surface area contributed by atoms with Crippen molar-refractivity contribution >= 4 is 10.9 Å². The minimum Gasteiger partial charge on any atom is -0.265 e. The van der Waals surface area contributed by atoms with Crippen LogP contribution in [0, 0.1) is 0 Å². The van der Waals surface area contributed by atoms with Crippen molar-refractivity contribution in [2.45, 2.75) is 25.8 Å². The van der Waals surface area contributed by atoms with Gasteiger partial charge in [0.2, 0.25) is 0 Å². The number of aromatic nitrogens is 2. The van der Waals surface area contributed by atoms with E-state index in [1.54, 1.807) is 0 Å².